The topological polar surface area (TPSA) is 64.6 Å². The smallest absolute Gasteiger partial charge is 0.409 e. The van der Waals surface area contributed by atoms with Gasteiger partial charge in [-0.2, -0.15) is 0 Å². The highest BCUT2D eigenvalue weighted by Crippen LogP contribution is 1.78. The van der Waals surface area contributed by atoms with Crippen LogP contribution in [0.3, 0.4) is 0 Å². The first-order valence-electron chi connectivity index (χ1n) is 3.40. The molecular formula is C7H11NO4. The standard InChI is InChI=1S/C7H11NO4/c1-3-6(9)12-5-8-7(10)11-4-2/h3H,1,4-5H2,2H3,(H,8,10). The number of amides is 1. The van der Waals surface area contributed by atoms with Crippen molar-refractivity contribution in [1.82, 2.24) is 5.32 Å². The maximum atomic E-state index is 10.6. The third kappa shape index (κ3) is 5.28. The van der Waals surface area contributed by atoms with Crippen molar-refractivity contribution in [2.24, 2.45) is 0 Å². The number of hydrogen-bond acceptors (Lipinski definition) is 4. The molecule has 1 amide bonds. The highest BCUT2D eigenvalue weighted by molar-refractivity contribution is 5.81. The van der Waals surface area contributed by atoms with E-state index in [1.807, 2.05) is 0 Å². The molecule has 0 fully saturated rings. The lowest BCUT2D eigenvalue weighted by atomic mass is 10.7. The Labute approximate surface area is 70.3 Å². The van der Waals surface area contributed by atoms with Gasteiger partial charge in [0.2, 0.25) is 0 Å². The summed E-state index contributed by atoms with van der Waals surface area (Å²) in [6, 6.07) is 0. The van der Waals surface area contributed by atoms with Gasteiger partial charge in [-0.25, -0.2) is 9.59 Å². The molecule has 0 radical (unpaired) electrons. The lowest BCUT2D eigenvalue weighted by Crippen LogP contribution is -2.27. The van der Waals surface area contributed by atoms with E-state index in [1.165, 1.54) is 0 Å². The number of hydrogen-bond donors (Lipinski definition) is 1. The number of carbonyl (C=O) groups is 2. The summed E-state index contributed by atoms with van der Waals surface area (Å²) in [4.78, 5) is 21.0. The Morgan fingerprint density at radius 2 is 2.17 bits per heavy atom. The van der Waals surface area contributed by atoms with E-state index in [9.17, 15) is 9.59 Å². The molecule has 5 nitrogen and oxygen atoms in total. The lowest BCUT2D eigenvalue weighted by Gasteiger charge is -2.04. The first-order valence-corrected chi connectivity index (χ1v) is 3.40. The molecule has 0 rings (SSSR count). The zero-order chi connectivity index (χ0) is 9.40. The average molecular weight is 173 g/mol. The van der Waals surface area contributed by atoms with Gasteiger partial charge in [0, 0.05) is 6.08 Å². The van der Waals surface area contributed by atoms with Crippen LogP contribution in [0.4, 0.5) is 4.79 Å². The van der Waals surface area contributed by atoms with Crippen molar-refractivity contribution in [2.45, 2.75) is 6.92 Å². The second-order valence-electron chi connectivity index (χ2n) is 1.71. The first-order chi connectivity index (χ1) is 5.70. The molecule has 0 aromatic heterocycles. The van der Waals surface area contributed by atoms with Crippen LogP contribution in [0.25, 0.3) is 0 Å². The summed E-state index contributed by atoms with van der Waals surface area (Å²) < 4.78 is 8.93. The van der Waals surface area contributed by atoms with E-state index in [4.69, 9.17) is 0 Å². The van der Waals surface area contributed by atoms with Crippen LogP contribution in [-0.2, 0) is 14.3 Å². The molecule has 0 aliphatic rings. The zero-order valence-corrected chi connectivity index (χ0v) is 6.83. The molecule has 0 heterocycles. The van der Waals surface area contributed by atoms with Gasteiger partial charge in [0.05, 0.1) is 6.61 Å². The van der Waals surface area contributed by atoms with Crippen molar-refractivity contribution < 1.29 is 19.1 Å². The average Bonchev–Trinajstić information content (AvgIpc) is 2.04. The highest BCUT2D eigenvalue weighted by atomic mass is 16.6. The Hall–Kier alpha value is -1.52. The minimum absolute atomic E-state index is 0.205. The predicted molar refractivity (Wildman–Crippen MR) is 41.3 cm³/mol. The van der Waals surface area contributed by atoms with E-state index in [0.717, 1.165) is 6.08 Å². The first kappa shape index (κ1) is 10.5. The van der Waals surface area contributed by atoms with Gasteiger partial charge >= 0.3 is 12.1 Å². The Balaban J connectivity index is 3.36. The van der Waals surface area contributed by atoms with Gasteiger partial charge in [-0.05, 0) is 6.92 Å². The monoisotopic (exact) mass is 173 g/mol. The van der Waals surface area contributed by atoms with Crippen LogP contribution in [0, 0.1) is 0 Å². The fourth-order valence-corrected chi connectivity index (χ4v) is 0.407. The molecule has 5 heteroatoms. The summed E-state index contributed by atoms with van der Waals surface area (Å²) in [6.45, 7) is 4.93. The van der Waals surface area contributed by atoms with E-state index >= 15 is 0 Å². The second-order valence-corrected chi connectivity index (χ2v) is 1.71. The van der Waals surface area contributed by atoms with E-state index in [0.29, 0.717) is 0 Å². The molecule has 0 atom stereocenters. The number of nitrogens with one attached hydrogen (secondary N) is 1. The molecule has 0 aromatic carbocycles. The van der Waals surface area contributed by atoms with Gasteiger partial charge in [0.25, 0.3) is 0 Å². The van der Waals surface area contributed by atoms with Crippen LogP contribution < -0.4 is 5.32 Å². The predicted octanol–water partition coefficient (Wildman–Crippen LogP) is 0.419. The van der Waals surface area contributed by atoms with Crippen LogP contribution >= 0.6 is 0 Å². The second kappa shape index (κ2) is 6.21. The van der Waals surface area contributed by atoms with Crippen LogP contribution in [0.5, 0.6) is 0 Å². The summed E-state index contributed by atoms with van der Waals surface area (Å²) in [7, 11) is 0. The molecule has 0 spiro atoms. The summed E-state index contributed by atoms with van der Waals surface area (Å²) in [5.41, 5.74) is 0. The number of esters is 1. The molecule has 0 aliphatic heterocycles. The lowest BCUT2D eigenvalue weighted by molar-refractivity contribution is -0.138. The minimum atomic E-state index is -0.616. The van der Waals surface area contributed by atoms with E-state index in [-0.39, 0.29) is 13.3 Å². The van der Waals surface area contributed by atoms with E-state index in [2.05, 4.69) is 21.4 Å². The van der Waals surface area contributed by atoms with Crippen molar-refractivity contribution in [2.75, 3.05) is 13.3 Å². The van der Waals surface area contributed by atoms with Crippen molar-refractivity contribution in [3.63, 3.8) is 0 Å². The SMILES string of the molecule is C=CC(=O)OCNC(=O)OCC. The zero-order valence-electron chi connectivity index (χ0n) is 6.83. The number of carbonyl (C=O) groups excluding carboxylic acids is 2. The van der Waals surface area contributed by atoms with Crippen LogP contribution in [0.2, 0.25) is 0 Å². The molecule has 0 saturated carbocycles. The normalized spacial score (nSPS) is 8.42. The number of rotatable bonds is 4. The van der Waals surface area contributed by atoms with Gasteiger partial charge in [-0.1, -0.05) is 6.58 Å². The summed E-state index contributed by atoms with van der Waals surface area (Å²) in [6.07, 6.45) is 0.390. The summed E-state index contributed by atoms with van der Waals surface area (Å²) >= 11 is 0. The molecule has 0 aliphatic carbocycles. The highest BCUT2D eigenvalue weighted by Gasteiger charge is 1.99. The fourth-order valence-electron chi connectivity index (χ4n) is 0.407. The molecular weight excluding hydrogens is 162 g/mol. The molecule has 1 N–H and O–H groups in total. The maximum Gasteiger partial charge on any atom is 0.409 e. The molecule has 0 bridgehead atoms. The fraction of sp³-hybridized carbons (Fsp3) is 0.429. The minimum Gasteiger partial charge on any atom is -0.450 e. The molecule has 0 saturated heterocycles. The van der Waals surface area contributed by atoms with Crippen LogP contribution in [0.1, 0.15) is 6.92 Å². The number of ether oxygens (including phenoxy) is 2. The quantitative estimate of drug-likeness (QED) is 0.380. The largest absolute Gasteiger partial charge is 0.450 e. The summed E-state index contributed by atoms with van der Waals surface area (Å²) in [5.74, 6) is -0.591. The van der Waals surface area contributed by atoms with Gasteiger partial charge in [-0.15, -0.1) is 0 Å². The molecule has 0 unspecified atom stereocenters. The van der Waals surface area contributed by atoms with Gasteiger partial charge in [0.15, 0.2) is 6.73 Å². The van der Waals surface area contributed by atoms with Gasteiger partial charge in [0.1, 0.15) is 0 Å². The number of alkyl carbamates (subject to hydrolysis) is 1. The maximum absolute atomic E-state index is 10.6. The summed E-state index contributed by atoms with van der Waals surface area (Å²) in [5, 5.41) is 2.20. The van der Waals surface area contributed by atoms with Crippen LogP contribution in [-0.4, -0.2) is 25.4 Å². The van der Waals surface area contributed by atoms with Crippen molar-refractivity contribution in [1.29, 1.82) is 0 Å². The Morgan fingerprint density at radius 1 is 1.50 bits per heavy atom. The Morgan fingerprint density at radius 3 is 2.67 bits per heavy atom. The molecule has 68 valence electrons. The Kier molecular flexibility index (Phi) is 5.42. The molecule has 12 heavy (non-hydrogen) atoms. The van der Waals surface area contributed by atoms with Crippen molar-refractivity contribution in [3.8, 4) is 0 Å². The molecule has 0 aromatic rings. The Bertz CT molecular complexity index is 178. The third-order valence-corrected chi connectivity index (χ3v) is 0.873. The third-order valence-electron chi connectivity index (χ3n) is 0.873. The van der Waals surface area contributed by atoms with Gasteiger partial charge in [-0.3, -0.25) is 5.32 Å². The van der Waals surface area contributed by atoms with Crippen molar-refractivity contribution in [3.05, 3.63) is 12.7 Å². The van der Waals surface area contributed by atoms with E-state index in [1.54, 1.807) is 6.92 Å². The van der Waals surface area contributed by atoms with Crippen molar-refractivity contribution >= 4 is 12.1 Å². The van der Waals surface area contributed by atoms with Gasteiger partial charge < -0.3 is 9.47 Å². The van der Waals surface area contributed by atoms with Crippen LogP contribution in [0.15, 0.2) is 12.7 Å². The van der Waals surface area contributed by atoms with E-state index < -0.39 is 12.1 Å².